The zero-order valence-electron chi connectivity index (χ0n) is 16.4. The van der Waals surface area contributed by atoms with Crippen molar-refractivity contribution in [2.24, 2.45) is 0 Å². The van der Waals surface area contributed by atoms with E-state index in [9.17, 15) is 0 Å². The van der Waals surface area contributed by atoms with Crippen LogP contribution < -0.4 is 0 Å². The topological polar surface area (TPSA) is 12.9 Å². The second-order valence-corrected chi connectivity index (χ2v) is 11.5. The molecule has 0 unspecified atom stereocenters. The average molecular weight is 430 g/mol. The normalized spacial score (nSPS) is 12.7. The predicted octanol–water partition coefficient (Wildman–Crippen LogP) is 8.84. The van der Waals surface area contributed by atoms with Gasteiger partial charge in [0, 0.05) is 41.3 Å². The Bertz CT molecular complexity index is 1540. The predicted molar refractivity (Wildman–Crippen MR) is 132 cm³/mol. The number of aromatic nitrogens is 1. The van der Waals surface area contributed by atoms with Gasteiger partial charge in [-0.05, 0) is 75.0 Å². The summed E-state index contributed by atoms with van der Waals surface area (Å²) in [5.74, 6) is 0. The second kappa shape index (κ2) is 6.11. The van der Waals surface area contributed by atoms with Crippen LogP contribution in [-0.2, 0) is 5.41 Å². The Hall–Kier alpha value is -2.27. The summed E-state index contributed by atoms with van der Waals surface area (Å²) in [6.07, 6.45) is 1.96. The summed E-state index contributed by atoms with van der Waals surface area (Å²) >= 11 is 5.52. The van der Waals surface area contributed by atoms with E-state index in [2.05, 4.69) is 74.0 Å². The van der Waals surface area contributed by atoms with E-state index in [1.165, 1.54) is 51.5 Å². The minimum absolute atomic E-state index is 0.0901. The van der Waals surface area contributed by atoms with E-state index < -0.39 is 0 Å². The lowest BCUT2D eigenvalue weighted by atomic mass is 9.85. The Morgan fingerprint density at radius 2 is 1.62 bits per heavy atom. The summed E-state index contributed by atoms with van der Waals surface area (Å²) in [6.45, 7) is 6.90. The van der Waals surface area contributed by atoms with E-state index >= 15 is 0 Å². The number of hydrogen-bond acceptors (Lipinski definition) is 4. The second-order valence-electron chi connectivity index (χ2n) is 8.55. The number of rotatable bonds is 1. The van der Waals surface area contributed by atoms with Crippen LogP contribution in [0.1, 0.15) is 26.3 Å². The van der Waals surface area contributed by atoms with Crippen LogP contribution in [0.3, 0.4) is 0 Å². The maximum absolute atomic E-state index is 4.90. The molecule has 4 aromatic heterocycles. The molecule has 0 N–H and O–H groups in total. The third kappa shape index (κ3) is 2.67. The van der Waals surface area contributed by atoms with Crippen LogP contribution in [-0.4, -0.2) is 4.98 Å². The highest BCUT2D eigenvalue weighted by Gasteiger charge is 2.21. The highest BCUT2D eigenvalue weighted by Crippen LogP contribution is 2.43. The number of thiophene rings is 3. The number of benzene rings is 2. The summed E-state index contributed by atoms with van der Waals surface area (Å²) in [6, 6.07) is 16.0. The van der Waals surface area contributed by atoms with E-state index in [4.69, 9.17) is 4.98 Å². The molecule has 29 heavy (non-hydrogen) atoms. The van der Waals surface area contributed by atoms with Gasteiger partial charge in [0.2, 0.25) is 0 Å². The Balaban J connectivity index is 1.72. The van der Waals surface area contributed by atoms with Crippen LogP contribution in [0.2, 0.25) is 0 Å². The van der Waals surface area contributed by atoms with Crippen LogP contribution in [0, 0.1) is 0 Å². The lowest BCUT2D eigenvalue weighted by molar-refractivity contribution is 0.597. The van der Waals surface area contributed by atoms with E-state index in [0.29, 0.717) is 0 Å². The van der Waals surface area contributed by atoms with Gasteiger partial charge in [-0.1, -0.05) is 20.8 Å². The van der Waals surface area contributed by atoms with Gasteiger partial charge in [0.25, 0.3) is 0 Å². The third-order valence-corrected chi connectivity index (χ3v) is 8.55. The van der Waals surface area contributed by atoms with Crippen molar-refractivity contribution in [3.05, 3.63) is 65.0 Å². The molecule has 6 rings (SSSR count). The van der Waals surface area contributed by atoms with Crippen molar-refractivity contribution in [3.8, 4) is 11.3 Å². The molecule has 0 atom stereocenters. The van der Waals surface area contributed by atoms with Gasteiger partial charge in [0.1, 0.15) is 0 Å². The molecule has 2 aromatic carbocycles. The molecule has 0 aliphatic carbocycles. The molecule has 1 nitrogen and oxygen atoms in total. The highest BCUT2D eigenvalue weighted by atomic mass is 32.1. The molecule has 6 aromatic rings. The van der Waals surface area contributed by atoms with Gasteiger partial charge in [-0.15, -0.1) is 34.0 Å². The molecule has 4 heterocycles. The molecule has 0 spiro atoms. The summed E-state index contributed by atoms with van der Waals surface area (Å²) in [4.78, 5) is 4.90. The average Bonchev–Trinajstić information content (AvgIpc) is 3.41. The fourth-order valence-corrected chi connectivity index (χ4v) is 7.22. The van der Waals surface area contributed by atoms with Gasteiger partial charge in [-0.3, -0.25) is 4.98 Å². The minimum Gasteiger partial charge on any atom is -0.256 e. The van der Waals surface area contributed by atoms with Crippen molar-refractivity contribution in [1.82, 2.24) is 4.98 Å². The van der Waals surface area contributed by atoms with Crippen molar-refractivity contribution in [2.45, 2.75) is 26.2 Å². The quantitative estimate of drug-likeness (QED) is 0.254. The number of pyridine rings is 1. The Morgan fingerprint density at radius 1 is 0.793 bits per heavy atom. The van der Waals surface area contributed by atoms with Gasteiger partial charge in [0.15, 0.2) is 0 Å². The first-order chi connectivity index (χ1) is 14.0. The van der Waals surface area contributed by atoms with Crippen molar-refractivity contribution in [2.75, 3.05) is 0 Å². The molecule has 0 bridgehead atoms. The van der Waals surface area contributed by atoms with Crippen LogP contribution in [0.25, 0.3) is 51.6 Å². The Labute approximate surface area is 181 Å². The summed E-state index contributed by atoms with van der Waals surface area (Å²) in [5, 5.41) is 9.64. The van der Waals surface area contributed by atoms with E-state index in [1.54, 1.807) is 0 Å². The molecule has 0 aliphatic heterocycles. The fraction of sp³-hybridized carbons (Fsp3) is 0.160. The molecule has 4 heteroatoms. The summed E-state index contributed by atoms with van der Waals surface area (Å²) in [7, 11) is 0. The van der Waals surface area contributed by atoms with Crippen molar-refractivity contribution in [3.63, 3.8) is 0 Å². The van der Waals surface area contributed by atoms with Crippen molar-refractivity contribution < 1.29 is 0 Å². The molecule has 142 valence electrons. The SMILES string of the molecule is CC(C)(C)c1cc(-c2nccc3sc4cc5ccsc5cc4c23)cc2ccsc12. The molecule has 0 fully saturated rings. The Morgan fingerprint density at radius 3 is 2.48 bits per heavy atom. The lowest BCUT2D eigenvalue weighted by Crippen LogP contribution is -2.11. The number of fused-ring (bicyclic) bond motifs is 5. The van der Waals surface area contributed by atoms with E-state index in [0.717, 1.165) is 5.69 Å². The number of hydrogen-bond donors (Lipinski definition) is 0. The lowest BCUT2D eigenvalue weighted by Gasteiger charge is -2.21. The van der Waals surface area contributed by atoms with E-state index in [1.807, 2.05) is 40.2 Å². The largest absolute Gasteiger partial charge is 0.256 e. The molecule has 0 saturated heterocycles. The summed E-state index contributed by atoms with van der Waals surface area (Å²) < 4.78 is 5.39. The zero-order valence-corrected chi connectivity index (χ0v) is 18.9. The van der Waals surface area contributed by atoms with Gasteiger partial charge < -0.3 is 0 Å². The first-order valence-corrected chi connectivity index (χ1v) is 12.3. The smallest absolute Gasteiger partial charge is 0.0795 e. The first kappa shape index (κ1) is 17.6. The van der Waals surface area contributed by atoms with Gasteiger partial charge in [-0.2, -0.15) is 0 Å². The van der Waals surface area contributed by atoms with Crippen LogP contribution >= 0.6 is 34.0 Å². The van der Waals surface area contributed by atoms with Gasteiger partial charge >= 0.3 is 0 Å². The van der Waals surface area contributed by atoms with Gasteiger partial charge in [0.05, 0.1) is 5.69 Å². The van der Waals surface area contributed by atoms with E-state index in [-0.39, 0.29) is 5.41 Å². The third-order valence-electron chi connectivity index (χ3n) is 5.59. The first-order valence-electron chi connectivity index (χ1n) is 9.70. The monoisotopic (exact) mass is 429 g/mol. The van der Waals surface area contributed by atoms with Crippen molar-refractivity contribution in [1.29, 1.82) is 0 Å². The molecule has 0 saturated carbocycles. The Kier molecular flexibility index (Phi) is 3.71. The van der Waals surface area contributed by atoms with Crippen molar-refractivity contribution >= 4 is 74.4 Å². The maximum atomic E-state index is 4.90. The van der Waals surface area contributed by atoms with Crippen LogP contribution in [0.4, 0.5) is 0 Å². The van der Waals surface area contributed by atoms with Gasteiger partial charge in [-0.25, -0.2) is 0 Å². The molecular weight excluding hydrogens is 410 g/mol. The molecule has 0 amide bonds. The fourth-order valence-electron chi connectivity index (χ4n) is 4.17. The number of nitrogens with zero attached hydrogens (tertiary/aromatic N) is 1. The highest BCUT2D eigenvalue weighted by molar-refractivity contribution is 7.26. The summed E-state index contributed by atoms with van der Waals surface area (Å²) in [5.41, 5.74) is 3.81. The maximum Gasteiger partial charge on any atom is 0.0795 e. The van der Waals surface area contributed by atoms with Crippen LogP contribution in [0.15, 0.2) is 59.4 Å². The molecular formula is C25H19NS3. The zero-order chi connectivity index (χ0) is 19.8. The van der Waals surface area contributed by atoms with Crippen LogP contribution in [0.5, 0.6) is 0 Å². The molecule has 0 aliphatic rings. The minimum atomic E-state index is 0.0901. The molecule has 0 radical (unpaired) electrons. The standard InChI is InChI=1S/C25H19NS3/c1-25(2,3)18-11-16(10-15-6-9-28-24(15)18)23-22-17-13-20-14(5-8-27-20)12-21(17)29-19(22)4-7-26-23/h4-13H,1-3H3.